The van der Waals surface area contributed by atoms with E-state index < -0.39 is 27.6 Å². The molecule has 2 aliphatic rings. The third kappa shape index (κ3) is 4.77. The van der Waals surface area contributed by atoms with Crippen LogP contribution in [-0.2, 0) is 14.8 Å². The van der Waals surface area contributed by atoms with Crippen LogP contribution in [0.3, 0.4) is 0 Å². The lowest BCUT2D eigenvalue weighted by Gasteiger charge is -2.31. The van der Waals surface area contributed by atoms with Crippen LogP contribution in [0.2, 0.25) is 0 Å². The molecule has 2 aromatic carbocycles. The number of sulfonamides is 1. The number of nitrogens with zero attached hydrogens (tertiary/aromatic N) is 2. The number of anilines is 2. The van der Waals surface area contributed by atoms with Gasteiger partial charge in [0, 0.05) is 43.6 Å². The van der Waals surface area contributed by atoms with Crippen LogP contribution >= 0.6 is 0 Å². The monoisotopic (exact) mass is 465 g/mol. The molecule has 0 aliphatic carbocycles. The van der Waals surface area contributed by atoms with Gasteiger partial charge in [-0.15, -0.1) is 0 Å². The van der Waals surface area contributed by atoms with E-state index in [4.69, 9.17) is 4.74 Å². The van der Waals surface area contributed by atoms with Crippen LogP contribution in [0.15, 0.2) is 41.3 Å². The van der Waals surface area contributed by atoms with Crippen LogP contribution in [0.4, 0.5) is 20.2 Å². The molecule has 0 radical (unpaired) electrons. The summed E-state index contributed by atoms with van der Waals surface area (Å²) in [4.78, 5) is 15.1. The summed E-state index contributed by atoms with van der Waals surface area (Å²) in [5, 5.41) is 2.55. The van der Waals surface area contributed by atoms with Gasteiger partial charge in [-0.3, -0.25) is 4.79 Å². The third-order valence-electron chi connectivity index (χ3n) is 5.69. The van der Waals surface area contributed by atoms with Gasteiger partial charge in [-0.05, 0) is 43.2 Å². The Morgan fingerprint density at radius 1 is 0.906 bits per heavy atom. The Labute approximate surface area is 186 Å². The Kier molecular flexibility index (Phi) is 6.73. The van der Waals surface area contributed by atoms with Gasteiger partial charge in [-0.1, -0.05) is 6.42 Å². The van der Waals surface area contributed by atoms with Crippen molar-refractivity contribution in [2.24, 2.45) is 0 Å². The minimum absolute atomic E-state index is 0.0341. The lowest BCUT2D eigenvalue weighted by molar-refractivity contribution is 0.102. The first-order valence-electron chi connectivity index (χ1n) is 10.6. The Bertz CT molecular complexity index is 1100. The van der Waals surface area contributed by atoms with Gasteiger partial charge in [-0.25, -0.2) is 17.2 Å². The number of hydrogen-bond acceptors (Lipinski definition) is 5. The highest BCUT2D eigenvalue weighted by atomic mass is 32.2. The summed E-state index contributed by atoms with van der Waals surface area (Å²) in [7, 11) is -3.75. The summed E-state index contributed by atoms with van der Waals surface area (Å²) < 4.78 is 60.0. The first-order valence-corrected chi connectivity index (χ1v) is 12.0. The summed E-state index contributed by atoms with van der Waals surface area (Å²) in [6, 6.07) is 7.56. The van der Waals surface area contributed by atoms with E-state index in [0.717, 1.165) is 31.4 Å². The second-order valence-corrected chi connectivity index (χ2v) is 9.76. The van der Waals surface area contributed by atoms with Crippen LogP contribution in [0.1, 0.15) is 29.6 Å². The average Bonchev–Trinajstić information content (AvgIpc) is 2.82. The molecule has 2 aromatic rings. The highest BCUT2D eigenvalue weighted by molar-refractivity contribution is 7.89. The van der Waals surface area contributed by atoms with Gasteiger partial charge in [0.1, 0.15) is 0 Å². The number of morpholine rings is 1. The minimum atomic E-state index is -3.75. The molecule has 0 saturated carbocycles. The number of carbonyl (C=O) groups is 1. The predicted molar refractivity (Wildman–Crippen MR) is 116 cm³/mol. The second kappa shape index (κ2) is 9.51. The molecule has 2 heterocycles. The fraction of sp³-hybridized carbons (Fsp3) is 0.409. The topological polar surface area (TPSA) is 79.0 Å². The van der Waals surface area contributed by atoms with Gasteiger partial charge in [0.2, 0.25) is 10.0 Å². The standard InChI is InChI=1S/C22H25F2N3O4S/c23-19-6-4-16(14-20(19)24)25-22(28)18-15-17(32(29,30)27-8-2-1-3-9-27)5-7-21(18)26-10-12-31-13-11-26/h4-7,14-15H,1-3,8-13H2,(H,25,28). The molecule has 4 rings (SSSR count). The Hall–Kier alpha value is -2.56. The smallest absolute Gasteiger partial charge is 0.257 e. The molecule has 2 fully saturated rings. The first-order chi connectivity index (χ1) is 15.4. The number of amides is 1. The van der Waals surface area contributed by atoms with E-state index in [1.165, 1.54) is 22.5 Å². The maximum atomic E-state index is 13.6. The molecule has 0 spiro atoms. The molecule has 0 bridgehead atoms. The van der Waals surface area contributed by atoms with E-state index >= 15 is 0 Å². The van der Waals surface area contributed by atoms with Gasteiger partial charge in [0.15, 0.2) is 11.6 Å². The maximum absolute atomic E-state index is 13.6. The molecule has 7 nitrogen and oxygen atoms in total. The summed E-state index contributed by atoms with van der Waals surface area (Å²) in [6.07, 6.45) is 2.59. The third-order valence-corrected chi connectivity index (χ3v) is 7.59. The van der Waals surface area contributed by atoms with Gasteiger partial charge in [0.25, 0.3) is 5.91 Å². The molecule has 0 unspecified atom stereocenters. The Balaban J connectivity index is 1.70. The molecular weight excluding hydrogens is 440 g/mol. The number of benzene rings is 2. The lowest BCUT2D eigenvalue weighted by atomic mass is 10.1. The van der Waals surface area contributed by atoms with Gasteiger partial charge in [-0.2, -0.15) is 4.31 Å². The van der Waals surface area contributed by atoms with E-state index in [-0.39, 0.29) is 16.1 Å². The molecule has 1 amide bonds. The summed E-state index contributed by atoms with van der Waals surface area (Å²) in [5.41, 5.74) is 0.784. The zero-order valence-electron chi connectivity index (χ0n) is 17.5. The number of nitrogens with one attached hydrogen (secondary N) is 1. The van der Waals surface area contributed by atoms with Crippen LogP contribution in [0, 0.1) is 11.6 Å². The minimum Gasteiger partial charge on any atom is -0.378 e. The van der Waals surface area contributed by atoms with Crippen molar-refractivity contribution >= 4 is 27.3 Å². The summed E-state index contributed by atoms with van der Waals surface area (Å²) in [6.45, 7) is 2.96. The quantitative estimate of drug-likeness (QED) is 0.734. The van der Waals surface area contributed by atoms with Gasteiger partial charge in [0.05, 0.1) is 23.7 Å². The fourth-order valence-corrected chi connectivity index (χ4v) is 5.51. The molecular formula is C22H25F2N3O4S. The molecule has 0 atom stereocenters. The molecule has 172 valence electrons. The lowest BCUT2D eigenvalue weighted by Crippen LogP contribution is -2.38. The summed E-state index contributed by atoms with van der Waals surface area (Å²) >= 11 is 0. The molecule has 10 heteroatoms. The van der Waals surface area contributed by atoms with Gasteiger partial charge >= 0.3 is 0 Å². The number of ether oxygens (including phenoxy) is 1. The normalized spacial score (nSPS) is 17.9. The van der Waals surface area contributed by atoms with Crippen LogP contribution in [-0.4, -0.2) is 58.0 Å². The highest BCUT2D eigenvalue weighted by Crippen LogP contribution is 2.29. The predicted octanol–water partition coefficient (Wildman–Crippen LogP) is 3.23. The van der Waals surface area contributed by atoms with Crippen LogP contribution in [0.5, 0.6) is 0 Å². The van der Waals surface area contributed by atoms with Crippen LogP contribution in [0.25, 0.3) is 0 Å². The van der Waals surface area contributed by atoms with Crippen molar-refractivity contribution < 1.29 is 26.7 Å². The number of piperidine rings is 1. The van der Waals surface area contributed by atoms with E-state index in [9.17, 15) is 22.0 Å². The van der Waals surface area contributed by atoms with E-state index in [1.54, 1.807) is 6.07 Å². The van der Waals surface area contributed by atoms with Crippen molar-refractivity contribution in [3.05, 3.63) is 53.6 Å². The molecule has 32 heavy (non-hydrogen) atoms. The first kappa shape index (κ1) is 22.6. The number of rotatable bonds is 5. The SMILES string of the molecule is O=C(Nc1ccc(F)c(F)c1)c1cc(S(=O)(=O)N2CCCCC2)ccc1N1CCOCC1. The molecule has 2 saturated heterocycles. The Morgan fingerprint density at radius 2 is 1.62 bits per heavy atom. The van der Waals surface area contributed by atoms with E-state index in [1.807, 2.05) is 4.90 Å². The summed E-state index contributed by atoms with van der Waals surface area (Å²) in [5.74, 6) is -2.71. The fourth-order valence-electron chi connectivity index (χ4n) is 3.96. The van der Waals surface area contributed by atoms with Crippen molar-refractivity contribution in [1.29, 1.82) is 0 Å². The Morgan fingerprint density at radius 3 is 2.31 bits per heavy atom. The highest BCUT2D eigenvalue weighted by Gasteiger charge is 2.28. The number of halogens is 2. The largest absolute Gasteiger partial charge is 0.378 e. The zero-order valence-corrected chi connectivity index (χ0v) is 18.3. The molecule has 0 aromatic heterocycles. The number of hydrogen-bond donors (Lipinski definition) is 1. The maximum Gasteiger partial charge on any atom is 0.257 e. The van der Waals surface area contributed by atoms with Crippen molar-refractivity contribution in [3.8, 4) is 0 Å². The molecule has 2 aliphatic heterocycles. The van der Waals surface area contributed by atoms with Gasteiger partial charge < -0.3 is 15.0 Å². The average molecular weight is 466 g/mol. The van der Waals surface area contributed by atoms with Crippen molar-refractivity contribution in [1.82, 2.24) is 4.31 Å². The number of carbonyl (C=O) groups excluding carboxylic acids is 1. The van der Waals surface area contributed by atoms with Crippen molar-refractivity contribution in [3.63, 3.8) is 0 Å². The van der Waals surface area contributed by atoms with Crippen LogP contribution < -0.4 is 10.2 Å². The zero-order chi connectivity index (χ0) is 22.7. The molecule has 1 N–H and O–H groups in total. The second-order valence-electron chi connectivity index (χ2n) is 7.83. The van der Waals surface area contributed by atoms with E-state index in [0.29, 0.717) is 45.1 Å². The van der Waals surface area contributed by atoms with Crippen molar-refractivity contribution in [2.45, 2.75) is 24.2 Å². The van der Waals surface area contributed by atoms with E-state index in [2.05, 4.69) is 5.32 Å². The van der Waals surface area contributed by atoms with Crippen molar-refractivity contribution in [2.75, 3.05) is 49.6 Å².